The maximum Gasteiger partial charge on any atom is 0.321 e. The summed E-state index contributed by atoms with van der Waals surface area (Å²) < 4.78 is 5.64. The molecule has 0 aliphatic heterocycles. The molecule has 1 aromatic heterocycles. The summed E-state index contributed by atoms with van der Waals surface area (Å²) in [5.41, 5.74) is 1.91. The molecular formula is C22H23N3O2S. The van der Waals surface area contributed by atoms with Crippen LogP contribution in [-0.2, 0) is 5.75 Å². The molecule has 144 valence electrons. The largest absolute Gasteiger partial charge is 0.492 e. The number of pyridine rings is 1. The lowest BCUT2D eigenvalue weighted by molar-refractivity contribution is 0.207. The van der Waals surface area contributed by atoms with Crippen LogP contribution in [0.25, 0.3) is 0 Å². The highest BCUT2D eigenvalue weighted by atomic mass is 32.2. The third-order valence-electron chi connectivity index (χ3n) is 3.99. The number of para-hydroxylation sites is 1. The molecule has 0 saturated heterocycles. The van der Waals surface area contributed by atoms with E-state index in [-0.39, 0.29) is 6.03 Å². The number of anilines is 1. The average Bonchev–Trinajstić information content (AvgIpc) is 2.74. The minimum absolute atomic E-state index is 0.161. The molecule has 2 aromatic carbocycles. The fourth-order valence-corrected chi connectivity index (χ4v) is 3.27. The summed E-state index contributed by atoms with van der Waals surface area (Å²) in [5.74, 6) is 1.59. The van der Waals surface area contributed by atoms with E-state index in [1.165, 1.54) is 0 Å². The molecule has 0 bridgehead atoms. The molecule has 0 aliphatic rings. The Balaban J connectivity index is 1.46. The van der Waals surface area contributed by atoms with Crippen LogP contribution >= 0.6 is 11.8 Å². The number of hydrogen-bond acceptors (Lipinski definition) is 4. The van der Waals surface area contributed by atoms with Crippen LogP contribution in [0.5, 0.6) is 5.75 Å². The van der Waals surface area contributed by atoms with Gasteiger partial charge in [-0.25, -0.2) is 9.78 Å². The number of nitrogens with zero attached hydrogens (tertiary/aromatic N) is 2. The number of carbonyl (C=O) groups is 1. The SMILES string of the molecule is CN(CCOc1ccccc1)C(=O)Nc1cccc(CSc2ccccn2)c1. The van der Waals surface area contributed by atoms with Gasteiger partial charge in [-0.2, -0.15) is 0 Å². The van der Waals surface area contributed by atoms with Crippen LogP contribution in [0.4, 0.5) is 10.5 Å². The molecule has 1 heterocycles. The van der Waals surface area contributed by atoms with Crippen LogP contribution in [0.3, 0.4) is 0 Å². The number of nitrogens with one attached hydrogen (secondary N) is 1. The molecule has 0 fully saturated rings. The second-order valence-electron chi connectivity index (χ2n) is 6.17. The van der Waals surface area contributed by atoms with E-state index in [4.69, 9.17) is 4.74 Å². The van der Waals surface area contributed by atoms with Crippen molar-refractivity contribution in [1.29, 1.82) is 0 Å². The molecule has 0 spiro atoms. The normalized spacial score (nSPS) is 10.3. The highest BCUT2D eigenvalue weighted by Crippen LogP contribution is 2.22. The summed E-state index contributed by atoms with van der Waals surface area (Å²) >= 11 is 1.67. The third-order valence-corrected chi connectivity index (χ3v) is 5.00. The topological polar surface area (TPSA) is 54.5 Å². The predicted molar refractivity (Wildman–Crippen MR) is 114 cm³/mol. The Labute approximate surface area is 169 Å². The van der Waals surface area contributed by atoms with Crippen molar-refractivity contribution in [3.63, 3.8) is 0 Å². The minimum atomic E-state index is -0.161. The van der Waals surface area contributed by atoms with Crippen LogP contribution < -0.4 is 10.1 Å². The van der Waals surface area contributed by atoms with Crippen LogP contribution in [0, 0.1) is 0 Å². The van der Waals surface area contributed by atoms with Gasteiger partial charge in [0.15, 0.2) is 0 Å². The van der Waals surface area contributed by atoms with E-state index in [1.54, 1.807) is 29.9 Å². The second-order valence-corrected chi connectivity index (χ2v) is 7.17. The smallest absolute Gasteiger partial charge is 0.321 e. The zero-order valence-electron chi connectivity index (χ0n) is 15.7. The van der Waals surface area contributed by atoms with E-state index in [0.29, 0.717) is 13.2 Å². The maximum absolute atomic E-state index is 12.4. The molecular weight excluding hydrogens is 370 g/mol. The molecule has 0 aliphatic carbocycles. The number of amides is 2. The molecule has 2 amide bonds. The van der Waals surface area contributed by atoms with Crippen molar-refractivity contribution in [2.75, 3.05) is 25.5 Å². The van der Waals surface area contributed by atoms with E-state index in [2.05, 4.69) is 10.3 Å². The Bertz CT molecular complexity index is 875. The number of likely N-dealkylation sites (N-methyl/N-ethyl adjacent to an activating group) is 1. The predicted octanol–water partition coefficient (Wildman–Crippen LogP) is 4.92. The van der Waals surface area contributed by atoms with Gasteiger partial charge < -0.3 is 15.0 Å². The molecule has 28 heavy (non-hydrogen) atoms. The van der Waals surface area contributed by atoms with Gasteiger partial charge in [0, 0.05) is 24.7 Å². The summed E-state index contributed by atoms with van der Waals surface area (Å²) in [6, 6.07) is 23.2. The van der Waals surface area contributed by atoms with Crippen molar-refractivity contribution in [3.05, 3.63) is 84.6 Å². The van der Waals surface area contributed by atoms with Gasteiger partial charge in [0.05, 0.1) is 11.6 Å². The van der Waals surface area contributed by atoms with Gasteiger partial charge in [-0.15, -0.1) is 11.8 Å². The van der Waals surface area contributed by atoms with Crippen molar-refractivity contribution < 1.29 is 9.53 Å². The zero-order chi connectivity index (χ0) is 19.6. The monoisotopic (exact) mass is 393 g/mol. The van der Waals surface area contributed by atoms with Crippen LogP contribution in [-0.4, -0.2) is 36.1 Å². The van der Waals surface area contributed by atoms with E-state index < -0.39 is 0 Å². The molecule has 1 N–H and O–H groups in total. The van der Waals surface area contributed by atoms with E-state index in [0.717, 1.165) is 27.8 Å². The van der Waals surface area contributed by atoms with E-state index >= 15 is 0 Å². The van der Waals surface area contributed by atoms with Crippen molar-refractivity contribution in [1.82, 2.24) is 9.88 Å². The first kappa shape index (κ1) is 19.8. The van der Waals surface area contributed by atoms with Gasteiger partial charge in [0.1, 0.15) is 12.4 Å². The van der Waals surface area contributed by atoms with E-state index in [9.17, 15) is 4.79 Å². The van der Waals surface area contributed by atoms with Crippen LogP contribution in [0.2, 0.25) is 0 Å². The summed E-state index contributed by atoms with van der Waals surface area (Å²) in [5, 5.41) is 3.92. The first-order valence-corrected chi connectivity index (χ1v) is 10.0. The van der Waals surface area contributed by atoms with Crippen molar-refractivity contribution >= 4 is 23.5 Å². The molecule has 5 nitrogen and oxygen atoms in total. The number of hydrogen-bond donors (Lipinski definition) is 1. The lowest BCUT2D eigenvalue weighted by Crippen LogP contribution is -2.34. The Morgan fingerprint density at radius 3 is 2.68 bits per heavy atom. The van der Waals surface area contributed by atoms with Gasteiger partial charge >= 0.3 is 6.03 Å². The van der Waals surface area contributed by atoms with Gasteiger partial charge in [-0.1, -0.05) is 36.4 Å². The van der Waals surface area contributed by atoms with Gasteiger partial charge in [0.2, 0.25) is 0 Å². The third kappa shape index (κ3) is 6.32. The molecule has 0 radical (unpaired) electrons. The number of rotatable bonds is 8. The maximum atomic E-state index is 12.4. The number of ether oxygens (including phenoxy) is 1. The van der Waals surface area contributed by atoms with Crippen LogP contribution in [0.1, 0.15) is 5.56 Å². The van der Waals surface area contributed by atoms with Crippen molar-refractivity contribution in [2.24, 2.45) is 0 Å². The Kier molecular flexibility index (Phi) is 7.32. The Morgan fingerprint density at radius 1 is 1.07 bits per heavy atom. The van der Waals surface area contributed by atoms with Crippen molar-refractivity contribution in [2.45, 2.75) is 10.8 Å². The molecule has 0 unspecified atom stereocenters. The first-order valence-electron chi connectivity index (χ1n) is 9.03. The Hall–Kier alpha value is -2.99. The van der Waals surface area contributed by atoms with Gasteiger partial charge in [-0.3, -0.25) is 0 Å². The number of benzene rings is 2. The second kappa shape index (κ2) is 10.4. The fraction of sp³-hybridized carbons (Fsp3) is 0.182. The van der Waals surface area contributed by atoms with Gasteiger partial charge in [0.25, 0.3) is 0 Å². The number of thioether (sulfide) groups is 1. The number of carbonyl (C=O) groups excluding carboxylic acids is 1. The van der Waals surface area contributed by atoms with Crippen molar-refractivity contribution in [3.8, 4) is 5.75 Å². The molecule has 6 heteroatoms. The molecule has 0 atom stereocenters. The standard InChI is InChI=1S/C22H23N3O2S/c1-25(14-15-27-20-10-3-2-4-11-20)22(26)24-19-9-7-8-18(16-19)17-28-21-12-5-6-13-23-21/h2-13,16H,14-15,17H2,1H3,(H,24,26). The first-order chi connectivity index (χ1) is 13.7. The lowest BCUT2D eigenvalue weighted by Gasteiger charge is -2.18. The highest BCUT2D eigenvalue weighted by molar-refractivity contribution is 7.98. The van der Waals surface area contributed by atoms with E-state index in [1.807, 2.05) is 72.8 Å². The zero-order valence-corrected chi connectivity index (χ0v) is 16.6. The molecule has 3 rings (SSSR count). The number of urea groups is 1. The quantitative estimate of drug-likeness (QED) is 0.552. The Morgan fingerprint density at radius 2 is 1.89 bits per heavy atom. The van der Waals surface area contributed by atoms with Crippen LogP contribution in [0.15, 0.2) is 84.0 Å². The summed E-state index contributed by atoms with van der Waals surface area (Å²) in [6.45, 7) is 0.935. The average molecular weight is 394 g/mol. The van der Waals surface area contributed by atoms with Gasteiger partial charge in [-0.05, 0) is 42.0 Å². The lowest BCUT2D eigenvalue weighted by atomic mass is 10.2. The fourth-order valence-electron chi connectivity index (χ4n) is 2.47. The summed E-state index contributed by atoms with van der Waals surface area (Å²) in [7, 11) is 1.75. The summed E-state index contributed by atoms with van der Waals surface area (Å²) in [6.07, 6.45) is 1.79. The molecule has 3 aromatic rings. The number of aromatic nitrogens is 1. The highest BCUT2D eigenvalue weighted by Gasteiger charge is 2.09. The molecule has 0 saturated carbocycles. The summed E-state index contributed by atoms with van der Waals surface area (Å²) in [4.78, 5) is 18.3. The minimum Gasteiger partial charge on any atom is -0.492 e.